The number of ether oxygens (including phenoxy) is 10. The molecule has 5 aliphatic heterocycles. The van der Waals surface area contributed by atoms with E-state index in [9.17, 15) is 106 Å². The van der Waals surface area contributed by atoms with Crippen molar-refractivity contribution in [3.8, 4) is 0 Å². The van der Waals surface area contributed by atoms with Crippen LogP contribution in [0.2, 0.25) is 0 Å². The van der Waals surface area contributed by atoms with Crippen LogP contribution >= 0.6 is 0 Å². The number of allylic oxidation sites excluding steroid dienone is 1. The molecule has 20 N–H and O–H groups in total. The number of carboxylic acids is 1. The molecule has 644 valence electrons. The Hall–Kier alpha value is -2.93. The Kier molecular flexibility index (Phi) is 47.4. The summed E-state index contributed by atoms with van der Waals surface area (Å²) < 4.78 is 58.4. The lowest BCUT2D eigenvalue weighted by atomic mass is 9.90. The van der Waals surface area contributed by atoms with Crippen molar-refractivity contribution in [1.82, 2.24) is 10.6 Å². The topological polar surface area (TPSA) is 532 Å². The van der Waals surface area contributed by atoms with Gasteiger partial charge in [-0.3, -0.25) is 9.59 Å². The first-order chi connectivity index (χ1) is 52.8. The lowest BCUT2D eigenvalue weighted by Gasteiger charge is -2.50. The second-order valence-corrected chi connectivity index (χ2v) is 30.7. The van der Waals surface area contributed by atoms with E-state index in [1.807, 2.05) is 6.08 Å². The van der Waals surface area contributed by atoms with Crippen LogP contribution in [-0.2, 0) is 61.8 Å². The van der Waals surface area contributed by atoms with Crippen LogP contribution in [0.5, 0.6) is 0 Å². The number of aliphatic hydroxyl groups is 17. The lowest BCUT2D eigenvalue weighted by molar-refractivity contribution is -0.382. The van der Waals surface area contributed by atoms with Gasteiger partial charge in [0.15, 0.2) is 25.2 Å². The highest BCUT2D eigenvalue weighted by Gasteiger charge is 2.59. The predicted octanol–water partition coefficient (Wildman–Crippen LogP) is 1.15. The number of carbonyl (C=O) groups is 3. The van der Waals surface area contributed by atoms with Crippen molar-refractivity contribution in [3.05, 3.63) is 12.2 Å². The van der Waals surface area contributed by atoms with Crippen molar-refractivity contribution >= 4 is 17.8 Å². The van der Waals surface area contributed by atoms with Crippen LogP contribution in [0.25, 0.3) is 0 Å². The molecule has 5 heterocycles. The van der Waals surface area contributed by atoms with Gasteiger partial charge in [-0.2, -0.15) is 0 Å². The molecule has 0 radical (unpaired) electrons. The number of hydrogen-bond acceptors (Lipinski definition) is 30. The van der Waals surface area contributed by atoms with E-state index in [0.717, 1.165) is 58.3 Å². The smallest absolute Gasteiger partial charge is 0.364 e. The monoisotopic (exact) mass is 1590 g/mol. The number of aliphatic carboxylic acids is 1. The molecule has 33 nitrogen and oxygen atoms in total. The van der Waals surface area contributed by atoms with E-state index in [2.05, 4.69) is 24.5 Å². The first kappa shape index (κ1) is 97.6. The Balaban J connectivity index is 1.20. The van der Waals surface area contributed by atoms with Gasteiger partial charge in [0.1, 0.15) is 122 Å². The Morgan fingerprint density at radius 3 is 1.41 bits per heavy atom. The molecule has 110 heavy (non-hydrogen) atoms. The first-order valence-electron chi connectivity index (χ1n) is 41.1. The maximum atomic E-state index is 13.6. The molecule has 0 aromatic rings. The number of rotatable bonds is 57. The molecule has 5 aliphatic rings. The SMILES string of the molecule is CCCCCCCCCCCCC/C=C/[C@@H](O)[C@H](CO[C@@H]1OC(CO)[C@@H](O[C@@H]2OC(CO)[C@H](O)[C@H](O[C@@H]3OC(CO)[C@@H](O)[C@H](O[C@@H]4OC(CO[C@]5(C(=O)O)CC(O)[C@@H](O)C([C@H](O)[C@H](O)CO)O5)[C@H](O)[C@H](O)C4O)C3NC(C)=O)C2O)[C@H](O)C1O)NC(=O)CCCCCCCCCCCCCCCCCCCCCCC. The van der Waals surface area contributed by atoms with Gasteiger partial charge < -0.3 is 150 Å². The molecule has 2 amide bonds. The molecular formula is C77H140N2O31. The van der Waals surface area contributed by atoms with Gasteiger partial charge in [-0.05, 0) is 19.3 Å². The first-order valence-corrected chi connectivity index (χ1v) is 41.1. The van der Waals surface area contributed by atoms with E-state index in [-0.39, 0.29) is 12.3 Å². The summed E-state index contributed by atoms with van der Waals surface area (Å²) >= 11 is 0. The summed E-state index contributed by atoms with van der Waals surface area (Å²) in [5, 5.41) is 202. The number of unbranched alkanes of at least 4 members (excludes halogenated alkanes) is 31. The minimum atomic E-state index is -3.00. The molecular weight excluding hydrogens is 1450 g/mol. The maximum Gasteiger partial charge on any atom is 0.364 e. The Morgan fingerprint density at radius 2 is 0.918 bits per heavy atom. The molecule has 10 unspecified atom stereocenters. The zero-order chi connectivity index (χ0) is 80.7. The zero-order valence-electron chi connectivity index (χ0n) is 65.1. The van der Waals surface area contributed by atoms with Crippen molar-refractivity contribution in [3.63, 3.8) is 0 Å². The van der Waals surface area contributed by atoms with Gasteiger partial charge in [-0.1, -0.05) is 219 Å². The quantitative estimate of drug-likeness (QED) is 0.0300. The summed E-state index contributed by atoms with van der Waals surface area (Å²) in [6, 6.07) is -2.93. The van der Waals surface area contributed by atoms with Crippen LogP contribution in [0.1, 0.15) is 245 Å². The molecule has 0 spiro atoms. The fourth-order valence-corrected chi connectivity index (χ4v) is 14.8. The Morgan fingerprint density at radius 1 is 0.482 bits per heavy atom. The molecule has 0 saturated carbocycles. The third-order valence-corrected chi connectivity index (χ3v) is 21.7. The summed E-state index contributed by atoms with van der Waals surface area (Å²) in [7, 11) is 0. The maximum absolute atomic E-state index is 13.6. The van der Waals surface area contributed by atoms with E-state index in [1.165, 1.54) is 148 Å². The summed E-state index contributed by atoms with van der Waals surface area (Å²) in [6.45, 7) is -0.252. The van der Waals surface area contributed by atoms with Crippen LogP contribution in [-0.4, -0.2) is 321 Å². The van der Waals surface area contributed by atoms with E-state index >= 15 is 0 Å². The Bertz CT molecular complexity index is 2490. The van der Waals surface area contributed by atoms with E-state index < -0.39 is 229 Å². The molecule has 0 bridgehead atoms. The van der Waals surface area contributed by atoms with Gasteiger partial charge >= 0.3 is 5.97 Å². The third-order valence-electron chi connectivity index (χ3n) is 21.7. The van der Waals surface area contributed by atoms with Gasteiger partial charge in [0.05, 0.1) is 57.9 Å². The molecule has 5 rings (SSSR count). The molecule has 0 aromatic carbocycles. The lowest BCUT2D eigenvalue weighted by Crippen LogP contribution is -2.70. The van der Waals surface area contributed by atoms with Crippen LogP contribution in [0.4, 0.5) is 0 Å². The van der Waals surface area contributed by atoms with Crippen molar-refractivity contribution in [2.45, 2.75) is 417 Å². The Labute approximate surface area is 648 Å². The molecule has 28 atom stereocenters. The minimum absolute atomic E-state index is 0.174. The molecule has 5 fully saturated rings. The standard InChI is InChI=1S/C77H140N2O31/c1-4-6-8-10-12-14-16-18-19-20-21-22-23-24-25-27-29-31-33-35-37-39-56(88)79-48(49(85)38-36-34-32-30-28-26-17-15-13-11-9-7-5-2)45-101-73-66(97)64(95)68(54(44-83)105-73)107-75-67(98)70(62(93)53(43-82)104-75)109-72-57(78-47(3)84)69(61(92)52(42-81)103-72)108-74-65(96)63(94)60(91)55(106-74)46-102-77(76(99)100)40-50(86)58(89)71(110-77)59(90)51(87)41-80/h36,38,48-55,57-75,80-83,85-87,89-98H,4-35,37,39-46H2,1-3H3,(H,78,84)(H,79,88)(H,99,100)/b38-36+/t48-,49+,50?,51+,52?,53?,54?,55?,57?,58+,59+,60-,61+,62-,63-,64+,65?,66?,67?,68+,69+,70-,71?,72-,73+,74-,75-,77+/m0/s1. The summed E-state index contributed by atoms with van der Waals surface area (Å²) in [5.41, 5.74) is 0. The van der Waals surface area contributed by atoms with Crippen LogP contribution in [0.3, 0.4) is 0 Å². The van der Waals surface area contributed by atoms with Crippen LogP contribution in [0.15, 0.2) is 12.2 Å². The number of aliphatic hydroxyl groups excluding tert-OH is 17. The fraction of sp³-hybridized carbons (Fsp3) is 0.935. The average Bonchev–Trinajstić information content (AvgIpc) is 0.776. The van der Waals surface area contributed by atoms with Crippen molar-refractivity contribution in [1.29, 1.82) is 0 Å². The summed E-state index contributed by atoms with van der Waals surface area (Å²) in [6.07, 6.45) is -7.85. The number of nitrogens with one attached hydrogen (secondary N) is 2. The number of hydrogen-bond donors (Lipinski definition) is 20. The third kappa shape index (κ3) is 31.5. The highest BCUT2D eigenvalue weighted by atomic mass is 16.8. The average molecular weight is 1590 g/mol. The normalized spacial score (nSPS) is 34.1. The van der Waals surface area contributed by atoms with Crippen molar-refractivity contribution < 1.29 is 154 Å². The van der Waals surface area contributed by atoms with E-state index in [4.69, 9.17) is 47.4 Å². The molecule has 0 aliphatic carbocycles. The second-order valence-electron chi connectivity index (χ2n) is 30.7. The van der Waals surface area contributed by atoms with Gasteiger partial charge in [0.25, 0.3) is 5.79 Å². The number of carbonyl (C=O) groups excluding carboxylic acids is 2. The van der Waals surface area contributed by atoms with E-state index in [1.54, 1.807) is 6.08 Å². The largest absolute Gasteiger partial charge is 0.477 e. The van der Waals surface area contributed by atoms with Gasteiger partial charge in [-0.25, -0.2) is 4.79 Å². The van der Waals surface area contributed by atoms with Crippen molar-refractivity contribution in [2.24, 2.45) is 0 Å². The van der Waals surface area contributed by atoms with Gasteiger partial charge in [0, 0.05) is 19.8 Å². The number of carboxylic acid groups (broad SMARTS) is 1. The summed E-state index contributed by atoms with van der Waals surface area (Å²) in [5.74, 6) is -6.22. The van der Waals surface area contributed by atoms with Crippen LogP contribution in [0, 0.1) is 0 Å². The molecule has 33 heteroatoms. The number of amides is 2. The molecule has 5 saturated heterocycles. The highest BCUT2D eigenvalue weighted by molar-refractivity contribution is 5.76. The van der Waals surface area contributed by atoms with E-state index in [0.29, 0.717) is 12.8 Å². The minimum Gasteiger partial charge on any atom is -0.477 e. The highest BCUT2D eigenvalue weighted by Crippen LogP contribution is 2.38. The van der Waals surface area contributed by atoms with Gasteiger partial charge in [-0.15, -0.1) is 0 Å². The zero-order valence-corrected chi connectivity index (χ0v) is 65.1. The van der Waals surface area contributed by atoms with Crippen molar-refractivity contribution in [2.75, 3.05) is 39.6 Å². The second kappa shape index (κ2) is 53.4. The van der Waals surface area contributed by atoms with Gasteiger partial charge in [0.2, 0.25) is 11.8 Å². The van der Waals surface area contributed by atoms with Crippen LogP contribution < -0.4 is 10.6 Å². The molecule has 0 aromatic heterocycles. The fourth-order valence-electron chi connectivity index (χ4n) is 14.8. The summed E-state index contributed by atoms with van der Waals surface area (Å²) in [4.78, 5) is 39.3. The predicted molar refractivity (Wildman–Crippen MR) is 394 cm³/mol.